The fraction of sp³-hybridized carbons (Fsp3) is 0.214. The van der Waals surface area contributed by atoms with Crippen LogP contribution in [0, 0.1) is 24.0 Å². The molecule has 0 saturated carbocycles. The maximum Gasteiger partial charge on any atom is 0.277 e. The van der Waals surface area contributed by atoms with Crippen LogP contribution in [-0.2, 0) is 0 Å². The van der Waals surface area contributed by atoms with Crippen LogP contribution in [0.2, 0.25) is 0 Å². The quantitative estimate of drug-likeness (QED) is 0.520. The fourth-order valence-electron chi connectivity index (χ4n) is 2.40. The summed E-state index contributed by atoms with van der Waals surface area (Å²) in [6.07, 6.45) is 0. The molecule has 2 aromatic rings. The van der Waals surface area contributed by atoms with E-state index in [4.69, 9.17) is 0 Å². The van der Waals surface area contributed by atoms with E-state index in [2.05, 4.69) is 4.98 Å². The van der Waals surface area contributed by atoms with Crippen molar-refractivity contribution in [3.05, 3.63) is 51.3 Å². The van der Waals surface area contributed by atoms with Crippen molar-refractivity contribution in [1.82, 2.24) is 4.98 Å². The van der Waals surface area contributed by atoms with E-state index in [-0.39, 0.29) is 11.5 Å². The summed E-state index contributed by atoms with van der Waals surface area (Å²) in [6, 6.07) is 6.46. The summed E-state index contributed by atoms with van der Waals surface area (Å²) in [4.78, 5) is 25.5. The van der Waals surface area contributed by atoms with Crippen molar-refractivity contribution < 1.29 is 9.72 Å². The molecule has 0 spiro atoms. The molecule has 0 atom stereocenters. The largest absolute Gasteiger partial charge is 0.362 e. The van der Waals surface area contributed by atoms with Gasteiger partial charge < -0.3 is 4.98 Å². The van der Waals surface area contributed by atoms with Gasteiger partial charge in [-0.15, -0.1) is 0 Å². The third-order valence-corrected chi connectivity index (χ3v) is 3.10. The van der Waals surface area contributed by atoms with Crippen molar-refractivity contribution in [3.63, 3.8) is 0 Å². The average molecular weight is 258 g/mol. The molecule has 1 N–H and O–H groups in total. The molecule has 0 unspecified atom stereocenters. The van der Waals surface area contributed by atoms with Gasteiger partial charge in [-0.05, 0) is 26.8 Å². The standard InChI is InChI=1S/C14H14N2O3/c1-8-13(10(3)17)14(9(2)15-8)11-6-4-5-7-12(11)16(18)19/h4-7,15H,1-3H3. The molecule has 1 heterocycles. The minimum absolute atomic E-state index is 0.00657. The molecular weight excluding hydrogens is 244 g/mol. The molecule has 19 heavy (non-hydrogen) atoms. The van der Waals surface area contributed by atoms with Crippen LogP contribution in [0.25, 0.3) is 11.1 Å². The number of ketones is 1. The highest BCUT2D eigenvalue weighted by Gasteiger charge is 2.23. The first kappa shape index (κ1) is 13.0. The minimum Gasteiger partial charge on any atom is -0.362 e. The summed E-state index contributed by atoms with van der Waals surface area (Å²) in [7, 11) is 0. The number of para-hydroxylation sites is 1. The minimum atomic E-state index is -0.430. The van der Waals surface area contributed by atoms with Gasteiger partial charge in [0.05, 0.1) is 10.5 Å². The molecule has 0 fully saturated rings. The number of carbonyl (C=O) groups excluding carboxylic acids is 1. The Morgan fingerprint density at radius 2 is 1.84 bits per heavy atom. The third-order valence-electron chi connectivity index (χ3n) is 3.10. The molecular formula is C14H14N2O3. The maximum absolute atomic E-state index is 11.8. The van der Waals surface area contributed by atoms with Crippen LogP contribution >= 0.6 is 0 Å². The summed E-state index contributed by atoms with van der Waals surface area (Å²) in [5.41, 5.74) is 3.12. The fourth-order valence-corrected chi connectivity index (χ4v) is 2.40. The normalized spacial score (nSPS) is 10.5. The Labute approximate surface area is 110 Å². The summed E-state index contributed by atoms with van der Waals surface area (Å²) in [6.45, 7) is 5.07. The summed E-state index contributed by atoms with van der Waals surface area (Å²) in [5.74, 6) is -0.102. The molecule has 1 aromatic carbocycles. The van der Waals surface area contributed by atoms with E-state index in [1.54, 1.807) is 25.1 Å². The highest BCUT2D eigenvalue weighted by molar-refractivity contribution is 6.03. The van der Waals surface area contributed by atoms with Gasteiger partial charge in [0.15, 0.2) is 5.78 Å². The lowest BCUT2D eigenvalue weighted by Crippen LogP contribution is -1.98. The number of nitrogens with zero attached hydrogens (tertiary/aromatic N) is 1. The number of Topliss-reactive ketones (excluding diaryl/α,β-unsaturated/α-hetero) is 1. The number of nitro groups is 1. The second-order valence-corrected chi connectivity index (χ2v) is 4.46. The number of benzene rings is 1. The van der Waals surface area contributed by atoms with Crippen LogP contribution in [0.15, 0.2) is 24.3 Å². The monoisotopic (exact) mass is 258 g/mol. The van der Waals surface area contributed by atoms with Gasteiger partial charge >= 0.3 is 0 Å². The Balaban J connectivity index is 2.80. The second-order valence-electron chi connectivity index (χ2n) is 4.46. The van der Waals surface area contributed by atoms with Gasteiger partial charge in [-0.2, -0.15) is 0 Å². The number of H-pyrrole nitrogens is 1. The predicted molar refractivity (Wildman–Crippen MR) is 72.4 cm³/mol. The van der Waals surface area contributed by atoms with Crippen LogP contribution in [0.5, 0.6) is 0 Å². The SMILES string of the molecule is CC(=O)c1c(C)[nH]c(C)c1-c1ccccc1[N+](=O)[O-]. The van der Waals surface area contributed by atoms with E-state index in [1.165, 1.54) is 13.0 Å². The van der Waals surface area contributed by atoms with Crippen LogP contribution < -0.4 is 0 Å². The Morgan fingerprint density at radius 3 is 2.42 bits per heavy atom. The highest BCUT2D eigenvalue weighted by Crippen LogP contribution is 2.36. The van der Waals surface area contributed by atoms with Crippen LogP contribution in [0.3, 0.4) is 0 Å². The Hall–Kier alpha value is -2.43. The molecule has 0 aliphatic rings. The van der Waals surface area contributed by atoms with Gasteiger partial charge in [-0.25, -0.2) is 0 Å². The van der Waals surface area contributed by atoms with Gasteiger partial charge in [0.1, 0.15) is 0 Å². The Morgan fingerprint density at radius 1 is 1.21 bits per heavy atom. The van der Waals surface area contributed by atoms with Gasteiger partial charge in [-0.3, -0.25) is 14.9 Å². The van der Waals surface area contributed by atoms with Gasteiger partial charge in [0, 0.05) is 28.6 Å². The van der Waals surface area contributed by atoms with Crippen molar-refractivity contribution in [2.75, 3.05) is 0 Å². The molecule has 0 amide bonds. The molecule has 0 aliphatic carbocycles. The Kier molecular flexibility index (Phi) is 3.21. The third kappa shape index (κ3) is 2.14. The molecule has 2 rings (SSSR count). The zero-order valence-electron chi connectivity index (χ0n) is 11.0. The molecule has 0 bridgehead atoms. The number of nitrogens with one attached hydrogen (secondary N) is 1. The van der Waals surface area contributed by atoms with Crippen LogP contribution in [0.4, 0.5) is 5.69 Å². The number of aromatic amines is 1. The average Bonchev–Trinajstić information content (AvgIpc) is 2.64. The molecule has 0 saturated heterocycles. The lowest BCUT2D eigenvalue weighted by molar-refractivity contribution is -0.384. The van der Waals surface area contributed by atoms with Crippen molar-refractivity contribution in [3.8, 4) is 11.1 Å². The van der Waals surface area contributed by atoms with Gasteiger partial charge in [0.2, 0.25) is 0 Å². The van der Waals surface area contributed by atoms with Crippen LogP contribution in [0.1, 0.15) is 28.7 Å². The number of hydrogen-bond donors (Lipinski definition) is 1. The van der Waals surface area contributed by atoms with E-state index in [0.29, 0.717) is 16.7 Å². The molecule has 98 valence electrons. The molecule has 1 aromatic heterocycles. The van der Waals surface area contributed by atoms with E-state index in [0.717, 1.165) is 11.4 Å². The number of carbonyl (C=O) groups is 1. The predicted octanol–water partition coefficient (Wildman–Crippen LogP) is 3.41. The number of aromatic nitrogens is 1. The summed E-state index contributed by atoms with van der Waals surface area (Å²) < 4.78 is 0. The molecule has 0 radical (unpaired) electrons. The van der Waals surface area contributed by atoms with E-state index in [9.17, 15) is 14.9 Å². The molecule has 5 nitrogen and oxygen atoms in total. The van der Waals surface area contributed by atoms with Gasteiger partial charge in [-0.1, -0.05) is 12.1 Å². The number of hydrogen-bond acceptors (Lipinski definition) is 3. The molecule has 5 heteroatoms. The van der Waals surface area contributed by atoms with Crippen molar-refractivity contribution >= 4 is 11.5 Å². The summed E-state index contributed by atoms with van der Waals surface area (Å²) >= 11 is 0. The number of nitro benzene ring substituents is 1. The number of aryl methyl sites for hydroxylation is 2. The van der Waals surface area contributed by atoms with Crippen molar-refractivity contribution in [2.45, 2.75) is 20.8 Å². The zero-order chi connectivity index (χ0) is 14.2. The lowest BCUT2D eigenvalue weighted by atomic mass is 9.97. The maximum atomic E-state index is 11.8. The van der Waals surface area contributed by atoms with E-state index < -0.39 is 4.92 Å². The van der Waals surface area contributed by atoms with Gasteiger partial charge in [0.25, 0.3) is 5.69 Å². The topological polar surface area (TPSA) is 76.0 Å². The smallest absolute Gasteiger partial charge is 0.277 e. The first-order chi connectivity index (χ1) is 8.93. The zero-order valence-corrected chi connectivity index (χ0v) is 11.0. The van der Waals surface area contributed by atoms with Crippen molar-refractivity contribution in [2.24, 2.45) is 0 Å². The van der Waals surface area contributed by atoms with E-state index >= 15 is 0 Å². The number of rotatable bonds is 3. The highest BCUT2D eigenvalue weighted by atomic mass is 16.6. The first-order valence-corrected chi connectivity index (χ1v) is 5.87. The summed E-state index contributed by atoms with van der Waals surface area (Å²) in [5, 5.41) is 11.1. The molecule has 0 aliphatic heterocycles. The first-order valence-electron chi connectivity index (χ1n) is 5.87. The van der Waals surface area contributed by atoms with Crippen LogP contribution in [-0.4, -0.2) is 15.7 Å². The lowest BCUT2D eigenvalue weighted by Gasteiger charge is -2.05. The second kappa shape index (κ2) is 4.68. The van der Waals surface area contributed by atoms with E-state index in [1.807, 2.05) is 6.92 Å². The van der Waals surface area contributed by atoms with Crippen molar-refractivity contribution in [1.29, 1.82) is 0 Å². The Bertz CT molecular complexity index is 671.